The van der Waals surface area contributed by atoms with E-state index in [4.69, 9.17) is 23.1 Å². The van der Waals surface area contributed by atoms with Gasteiger partial charge in [0.15, 0.2) is 0 Å². The van der Waals surface area contributed by atoms with Crippen molar-refractivity contribution in [3.63, 3.8) is 0 Å². The largest absolute Gasteiger partial charge is 0.481 e. The Bertz CT molecular complexity index is 377. The van der Waals surface area contributed by atoms with Crippen LogP contribution in [0.2, 0.25) is 5.02 Å². The molecule has 0 bridgehead atoms. The highest BCUT2D eigenvalue weighted by atomic mass is 35.5. The lowest BCUT2D eigenvalue weighted by atomic mass is 10.1. The second-order valence-corrected chi connectivity index (χ2v) is 2.95. The molecule has 1 N–H and O–H groups in total. The van der Waals surface area contributed by atoms with Crippen molar-refractivity contribution >= 4 is 17.6 Å². The van der Waals surface area contributed by atoms with Crippen LogP contribution < -0.4 is 0 Å². The van der Waals surface area contributed by atoms with Gasteiger partial charge >= 0.3 is 5.97 Å². The van der Waals surface area contributed by atoms with E-state index in [0.29, 0.717) is 16.1 Å². The second kappa shape index (κ2) is 3.97. The van der Waals surface area contributed by atoms with Crippen LogP contribution in [-0.4, -0.2) is 11.1 Å². The molecule has 0 amide bonds. The fourth-order valence-electron chi connectivity index (χ4n) is 1.01. The third-order valence-electron chi connectivity index (χ3n) is 1.56. The summed E-state index contributed by atoms with van der Waals surface area (Å²) in [6.45, 7) is 0. The van der Waals surface area contributed by atoms with Crippen molar-refractivity contribution in [1.29, 1.82) is 0 Å². The highest BCUT2D eigenvalue weighted by Crippen LogP contribution is 2.15. The lowest BCUT2D eigenvalue weighted by Gasteiger charge is -2.01. The summed E-state index contributed by atoms with van der Waals surface area (Å²) in [6.07, 6.45) is 5.09. The Morgan fingerprint density at radius 3 is 2.85 bits per heavy atom. The van der Waals surface area contributed by atoms with Gasteiger partial charge in [0.25, 0.3) is 0 Å². The molecule has 0 saturated carbocycles. The van der Waals surface area contributed by atoms with E-state index in [1.54, 1.807) is 18.2 Å². The van der Waals surface area contributed by atoms with Gasteiger partial charge in [-0.25, -0.2) is 0 Å². The molecule has 1 aromatic carbocycles. The molecular formula is C10H7ClO2. The predicted octanol–water partition coefficient (Wildman–Crippen LogP) is 1.95. The highest BCUT2D eigenvalue weighted by Gasteiger charge is 2.05. The molecule has 0 radical (unpaired) electrons. The summed E-state index contributed by atoms with van der Waals surface area (Å²) in [4.78, 5) is 10.4. The summed E-state index contributed by atoms with van der Waals surface area (Å²) < 4.78 is 0. The van der Waals surface area contributed by atoms with E-state index in [0.717, 1.165) is 0 Å². The van der Waals surface area contributed by atoms with Crippen LogP contribution in [0, 0.1) is 12.3 Å². The lowest BCUT2D eigenvalue weighted by Crippen LogP contribution is -2.02. The average Bonchev–Trinajstić information content (AvgIpc) is 2.03. The van der Waals surface area contributed by atoms with E-state index in [2.05, 4.69) is 5.92 Å². The van der Waals surface area contributed by atoms with Crippen molar-refractivity contribution in [3.8, 4) is 12.3 Å². The van der Waals surface area contributed by atoms with Gasteiger partial charge in [0.1, 0.15) is 0 Å². The number of carboxylic acids is 1. The first kappa shape index (κ1) is 9.63. The summed E-state index contributed by atoms with van der Waals surface area (Å²) in [6, 6.07) is 4.85. The summed E-state index contributed by atoms with van der Waals surface area (Å²) >= 11 is 5.70. The molecule has 1 aromatic rings. The molecule has 0 fully saturated rings. The average molecular weight is 195 g/mol. The third-order valence-corrected chi connectivity index (χ3v) is 1.80. The number of aliphatic carboxylic acids is 1. The lowest BCUT2D eigenvalue weighted by molar-refractivity contribution is -0.136. The maximum Gasteiger partial charge on any atom is 0.307 e. The zero-order valence-corrected chi connectivity index (χ0v) is 7.51. The molecule has 3 heteroatoms. The minimum Gasteiger partial charge on any atom is -0.481 e. The van der Waals surface area contributed by atoms with Crippen LogP contribution >= 0.6 is 11.6 Å². The molecule has 0 atom stereocenters. The van der Waals surface area contributed by atoms with Gasteiger partial charge < -0.3 is 5.11 Å². The van der Waals surface area contributed by atoms with Crippen molar-refractivity contribution in [2.45, 2.75) is 6.42 Å². The van der Waals surface area contributed by atoms with Gasteiger partial charge in [0.05, 0.1) is 6.42 Å². The summed E-state index contributed by atoms with van der Waals surface area (Å²) in [5.41, 5.74) is 1.15. The van der Waals surface area contributed by atoms with Crippen LogP contribution in [0.4, 0.5) is 0 Å². The molecule has 0 heterocycles. The molecule has 1 rings (SSSR count). The summed E-state index contributed by atoms with van der Waals surface area (Å²) in [5.74, 6) is 1.49. The Labute approximate surface area is 81.1 Å². The Balaban J connectivity index is 3.10. The quantitative estimate of drug-likeness (QED) is 0.731. The van der Waals surface area contributed by atoms with Gasteiger partial charge in [-0.3, -0.25) is 4.79 Å². The molecule has 0 unspecified atom stereocenters. The van der Waals surface area contributed by atoms with E-state index in [9.17, 15) is 4.79 Å². The number of terminal acetylenes is 1. The molecule has 0 aliphatic rings. The van der Waals surface area contributed by atoms with E-state index < -0.39 is 5.97 Å². The normalized spacial score (nSPS) is 9.23. The third kappa shape index (κ3) is 2.50. The first-order valence-electron chi connectivity index (χ1n) is 3.60. The molecule has 0 aliphatic carbocycles. The monoisotopic (exact) mass is 194 g/mol. The Morgan fingerprint density at radius 2 is 2.31 bits per heavy atom. The van der Waals surface area contributed by atoms with Crippen LogP contribution in [0.25, 0.3) is 0 Å². The van der Waals surface area contributed by atoms with Crippen molar-refractivity contribution in [3.05, 3.63) is 34.3 Å². The number of halogens is 1. The van der Waals surface area contributed by atoms with E-state index in [1.807, 2.05) is 0 Å². The number of carbonyl (C=O) groups is 1. The minimum atomic E-state index is -0.918. The number of hydrogen-bond acceptors (Lipinski definition) is 1. The van der Waals surface area contributed by atoms with Crippen LogP contribution in [-0.2, 0) is 11.2 Å². The maximum atomic E-state index is 10.4. The van der Waals surface area contributed by atoms with Crippen LogP contribution in [0.3, 0.4) is 0 Å². The van der Waals surface area contributed by atoms with Crippen molar-refractivity contribution in [2.24, 2.45) is 0 Å². The molecule has 13 heavy (non-hydrogen) atoms. The SMILES string of the molecule is C#Cc1ccc(Cl)cc1CC(=O)O. The number of rotatable bonds is 2. The standard InChI is InChI=1S/C10H7ClO2/c1-2-7-3-4-9(11)5-8(7)6-10(12)13/h1,3-5H,6H2,(H,12,13). The van der Waals surface area contributed by atoms with Crippen LogP contribution in [0.15, 0.2) is 18.2 Å². The molecule has 66 valence electrons. The van der Waals surface area contributed by atoms with Crippen molar-refractivity contribution in [2.75, 3.05) is 0 Å². The topological polar surface area (TPSA) is 37.3 Å². The minimum absolute atomic E-state index is 0.0971. The number of carboxylic acid groups (broad SMARTS) is 1. The number of hydrogen-bond donors (Lipinski definition) is 1. The van der Waals surface area contributed by atoms with E-state index in [1.165, 1.54) is 0 Å². The van der Waals surface area contributed by atoms with Gasteiger partial charge in [0, 0.05) is 10.6 Å². The first-order valence-corrected chi connectivity index (χ1v) is 3.98. The highest BCUT2D eigenvalue weighted by molar-refractivity contribution is 6.30. The van der Waals surface area contributed by atoms with Gasteiger partial charge in [-0.1, -0.05) is 17.5 Å². The fourth-order valence-corrected chi connectivity index (χ4v) is 1.21. The molecule has 0 aliphatic heterocycles. The zero-order chi connectivity index (χ0) is 9.84. The van der Waals surface area contributed by atoms with Crippen LogP contribution in [0.1, 0.15) is 11.1 Å². The Kier molecular flexibility index (Phi) is 2.94. The molecule has 0 saturated heterocycles. The van der Waals surface area contributed by atoms with Gasteiger partial charge in [-0.2, -0.15) is 0 Å². The summed E-state index contributed by atoms with van der Waals surface area (Å²) in [7, 11) is 0. The molecular weight excluding hydrogens is 188 g/mol. The van der Waals surface area contributed by atoms with Crippen LogP contribution in [0.5, 0.6) is 0 Å². The Morgan fingerprint density at radius 1 is 1.62 bits per heavy atom. The molecule has 0 aromatic heterocycles. The van der Waals surface area contributed by atoms with Gasteiger partial charge in [-0.05, 0) is 23.8 Å². The molecule has 2 nitrogen and oxygen atoms in total. The second-order valence-electron chi connectivity index (χ2n) is 2.52. The Hall–Kier alpha value is -1.46. The van der Waals surface area contributed by atoms with Gasteiger partial charge in [-0.15, -0.1) is 6.42 Å². The van der Waals surface area contributed by atoms with Crippen molar-refractivity contribution in [1.82, 2.24) is 0 Å². The predicted molar refractivity (Wildman–Crippen MR) is 50.7 cm³/mol. The fraction of sp³-hybridized carbons (Fsp3) is 0.100. The number of benzene rings is 1. The maximum absolute atomic E-state index is 10.4. The zero-order valence-electron chi connectivity index (χ0n) is 6.75. The summed E-state index contributed by atoms with van der Waals surface area (Å²) in [5, 5.41) is 9.06. The van der Waals surface area contributed by atoms with Gasteiger partial charge in [0.2, 0.25) is 0 Å². The van der Waals surface area contributed by atoms with E-state index >= 15 is 0 Å². The van der Waals surface area contributed by atoms with E-state index in [-0.39, 0.29) is 6.42 Å². The first-order chi connectivity index (χ1) is 6.13. The van der Waals surface area contributed by atoms with Crippen molar-refractivity contribution < 1.29 is 9.90 Å². The smallest absolute Gasteiger partial charge is 0.307 e. The molecule has 0 spiro atoms.